The molecule has 27 heavy (non-hydrogen) atoms. The summed E-state index contributed by atoms with van der Waals surface area (Å²) in [6, 6.07) is 5.06. The van der Waals surface area contributed by atoms with Gasteiger partial charge in [-0.2, -0.15) is 0 Å². The van der Waals surface area contributed by atoms with Crippen molar-refractivity contribution in [2.75, 3.05) is 5.32 Å². The van der Waals surface area contributed by atoms with Crippen LogP contribution in [-0.4, -0.2) is 32.7 Å². The van der Waals surface area contributed by atoms with Gasteiger partial charge in [0.15, 0.2) is 5.16 Å². The molecule has 2 N–H and O–H groups in total. The minimum atomic E-state index is -0.201. The summed E-state index contributed by atoms with van der Waals surface area (Å²) in [5.74, 6) is -0.389. The average molecular weight is 407 g/mol. The molecule has 1 aromatic carbocycles. The number of hydrogen-bond donors (Lipinski definition) is 2. The fourth-order valence-corrected chi connectivity index (χ4v) is 4.54. The second kappa shape index (κ2) is 8.80. The van der Waals surface area contributed by atoms with E-state index in [2.05, 4.69) is 15.6 Å². The monoisotopic (exact) mass is 406 g/mol. The number of benzene rings is 1. The van der Waals surface area contributed by atoms with Gasteiger partial charge in [0.1, 0.15) is 0 Å². The van der Waals surface area contributed by atoms with Crippen molar-refractivity contribution in [2.24, 2.45) is 7.05 Å². The number of aryl methyl sites for hydroxylation is 1. The molecule has 1 heterocycles. The molecule has 0 unspecified atom stereocenters. The number of nitrogens with one attached hydrogen (secondary N) is 2. The van der Waals surface area contributed by atoms with Crippen molar-refractivity contribution in [3.05, 3.63) is 41.2 Å². The lowest BCUT2D eigenvalue weighted by Gasteiger charge is -2.28. The van der Waals surface area contributed by atoms with Gasteiger partial charge in [-0.15, -0.1) is 0 Å². The van der Waals surface area contributed by atoms with E-state index >= 15 is 0 Å². The van der Waals surface area contributed by atoms with E-state index in [0.717, 1.165) is 30.8 Å². The Morgan fingerprint density at radius 2 is 2.00 bits per heavy atom. The molecule has 1 aliphatic carbocycles. The molecule has 0 aliphatic heterocycles. The highest BCUT2D eigenvalue weighted by atomic mass is 35.5. The van der Waals surface area contributed by atoms with Crippen LogP contribution >= 0.6 is 23.4 Å². The molecular weight excluding hydrogens is 384 g/mol. The number of rotatable bonds is 5. The quantitative estimate of drug-likeness (QED) is 0.790. The van der Waals surface area contributed by atoms with Crippen molar-refractivity contribution in [2.45, 2.75) is 49.1 Å². The molecule has 0 saturated heterocycles. The van der Waals surface area contributed by atoms with Gasteiger partial charge in [0.2, 0.25) is 5.91 Å². The standard InChI is InChI=1S/C19H23ClN4O2S/c1-12(25)22-14-5-8-17(20)16(11-14)18(26)23-13-3-6-15(7-4-13)27-19-21-9-10-24(19)2/h5,8-11,13,15H,3-4,6-7H2,1-2H3,(H,22,25)(H,23,26). The van der Waals surface area contributed by atoms with Crippen LogP contribution in [-0.2, 0) is 11.8 Å². The number of halogens is 1. The van der Waals surface area contributed by atoms with Crippen LogP contribution < -0.4 is 10.6 Å². The van der Waals surface area contributed by atoms with Crippen molar-refractivity contribution < 1.29 is 9.59 Å². The van der Waals surface area contributed by atoms with Gasteiger partial charge in [0, 0.05) is 43.3 Å². The van der Waals surface area contributed by atoms with E-state index in [1.807, 2.05) is 24.0 Å². The maximum Gasteiger partial charge on any atom is 0.253 e. The Morgan fingerprint density at radius 3 is 2.63 bits per heavy atom. The number of imidazole rings is 1. The van der Waals surface area contributed by atoms with E-state index in [0.29, 0.717) is 21.5 Å². The lowest BCUT2D eigenvalue weighted by Crippen LogP contribution is -2.38. The molecule has 1 aromatic heterocycles. The number of carbonyl (C=O) groups excluding carboxylic acids is 2. The maximum atomic E-state index is 12.6. The molecule has 2 amide bonds. The van der Waals surface area contributed by atoms with Gasteiger partial charge in [-0.25, -0.2) is 4.98 Å². The molecule has 1 aliphatic rings. The van der Waals surface area contributed by atoms with Crippen molar-refractivity contribution in [1.82, 2.24) is 14.9 Å². The van der Waals surface area contributed by atoms with Crippen molar-refractivity contribution in [3.63, 3.8) is 0 Å². The van der Waals surface area contributed by atoms with Gasteiger partial charge in [-0.05, 0) is 43.9 Å². The summed E-state index contributed by atoms with van der Waals surface area (Å²) >= 11 is 7.98. The topological polar surface area (TPSA) is 76.0 Å². The molecule has 144 valence electrons. The smallest absolute Gasteiger partial charge is 0.253 e. The summed E-state index contributed by atoms with van der Waals surface area (Å²) in [7, 11) is 2.00. The zero-order chi connectivity index (χ0) is 19.4. The fourth-order valence-electron chi connectivity index (χ4n) is 3.18. The number of nitrogens with zero attached hydrogens (tertiary/aromatic N) is 2. The van der Waals surface area contributed by atoms with Crippen LogP contribution in [0.5, 0.6) is 0 Å². The Kier molecular flexibility index (Phi) is 6.44. The predicted molar refractivity (Wildman–Crippen MR) is 108 cm³/mol. The first kappa shape index (κ1) is 19.8. The molecule has 0 bridgehead atoms. The summed E-state index contributed by atoms with van der Waals surface area (Å²) in [5.41, 5.74) is 0.944. The van der Waals surface area contributed by atoms with Crippen LogP contribution in [0.15, 0.2) is 35.7 Å². The lowest BCUT2D eigenvalue weighted by atomic mass is 9.94. The third kappa shape index (κ3) is 5.26. The molecule has 6 nitrogen and oxygen atoms in total. The summed E-state index contributed by atoms with van der Waals surface area (Å²) in [5, 5.41) is 7.68. The molecule has 3 rings (SSSR count). The number of amides is 2. The Labute approximate surface area is 168 Å². The zero-order valence-corrected chi connectivity index (χ0v) is 16.9. The van der Waals surface area contributed by atoms with E-state index < -0.39 is 0 Å². The molecule has 1 saturated carbocycles. The van der Waals surface area contributed by atoms with Crippen LogP contribution in [0.4, 0.5) is 5.69 Å². The highest BCUT2D eigenvalue weighted by molar-refractivity contribution is 7.99. The number of thioether (sulfide) groups is 1. The molecule has 0 radical (unpaired) electrons. The van der Waals surface area contributed by atoms with Crippen LogP contribution in [0.1, 0.15) is 43.0 Å². The predicted octanol–water partition coefficient (Wildman–Crippen LogP) is 3.87. The minimum absolute atomic E-state index is 0.135. The highest BCUT2D eigenvalue weighted by Gasteiger charge is 2.25. The van der Waals surface area contributed by atoms with Crippen LogP contribution in [0.25, 0.3) is 0 Å². The summed E-state index contributed by atoms with van der Waals surface area (Å²) < 4.78 is 2.03. The Bertz CT molecular complexity index is 831. The second-order valence-electron chi connectivity index (χ2n) is 6.76. The average Bonchev–Trinajstić information content (AvgIpc) is 3.02. The van der Waals surface area contributed by atoms with Crippen molar-refractivity contribution in [1.29, 1.82) is 0 Å². The zero-order valence-electron chi connectivity index (χ0n) is 15.4. The van der Waals surface area contributed by atoms with Crippen LogP contribution in [0.3, 0.4) is 0 Å². The van der Waals surface area contributed by atoms with Crippen molar-refractivity contribution in [3.8, 4) is 0 Å². The molecule has 8 heteroatoms. The van der Waals surface area contributed by atoms with Gasteiger partial charge >= 0.3 is 0 Å². The number of carbonyl (C=O) groups is 2. The van der Waals surface area contributed by atoms with E-state index in [1.165, 1.54) is 6.92 Å². The van der Waals surface area contributed by atoms with Gasteiger partial charge in [0.25, 0.3) is 5.91 Å². The number of anilines is 1. The maximum absolute atomic E-state index is 12.6. The normalized spacial score (nSPS) is 19.5. The van der Waals surface area contributed by atoms with Gasteiger partial charge in [-0.3, -0.25) is 9.59 Å². The first-order valence-corrected chi connectivity index (χ1v) is 10.2. The third-order valence-corrected chi connectivity index (χ3v) is 6.33. The molecule has 0 atom stereocenters. The van der Waals surface area contributed by atoms with Gasteiger partial charge in [-0.1, -0.05) is 23.4 Å². The Balaban J connectivity index is 1.55. The van der Waals surface area contributed by atoms with E-state index in [4.69, 9.17) is 11.6 Å². The first-order valence-electron chi connectivity index (χ1n) is 8.94. The van der Waals surface area contributed by atoms with E-state index in [1.54, 1.807) is 30.0 Å². The summed E-state index contributed by atoms with van der Waals surface area (Å²) in [4.78, 5) is 28.2. The van der Waals surface area contributed by atoms with E-state index in [-0.39, 0.29) is 17.9 Å². The van der Waals surface area contributed by atoms with Crippen molar-refractivity contribution >= 4 is 40.9 Å². The van der Waals surface area contributed by atoms with Gasteiger partial charge in [0.05, 0.1) is 10.6 Å². The second-order valence-corrected chi connectivity index (χ2v) is 8.44. The molecular formula is C19H23ClN4O2S. The molecule has 0 spiro atoms. The van der Waals surface area contributed by atoms with Gasteiger partial charge < -0.3 is 15.2 Å². The lowest BCUT2D eigenvalue weighted by molar-refractivity contribution is -0.114. The third-order valence-electron chi connectivity index (χ3n) is 4.59. The van der Waals surface area contributed by atoms with E-state index in [9.17, 15) is 9.59 Å². The largest absolute Gasteiger partial charge is 0.349 e. The SMILES string of the molecule is CC(=O)Nc1ccc(Cl)c(C(=O)NC2CCC(Sc3nccn3C)CC2)c1. The summed E-state index contributed by atoms with van der Waals surface area (Å²) in [6.07, 6.45) is 7.68. The summed E-state index contributed by atoms with van der Waals surface area (Å²) in [6.45, 7) is 1.43. The highest BCUT2D eigenvalue weighted by Crippen LogP contribution is 2.33. The first-order chi connectivity index (χ1) is 12.9. The Morgan fingerprint density at radius 1 is 1.26 bits per heavy atom. The van der Waals surface area contributed by atoms with Crippen LogP contribution in [0.2, 0.25) is 5.02 Å². The number of aromatic nitrogens is 2. The minimum Gasteiger partial charge on any atom is -0.349 e. The van der Waals surface area contributed by atoms with Crippen LogP contribution in [0, 0.1) is 0 Å². The number of hydrogen-bond acceptors (Lipinski definition) is 4. The molecule has 1 fully saturated rings. The fraction of sp³-hybridized carbons (Fsp3) is 0.421. The molecule has 2 aromatic rings. The Hall–Kier alpha value is -1.99.